The number of amides is 1. The van der Waals surface area contributed by atoms with Gasteiger partial charge < -0.3 is 10.1 Å². The molecule has 1 aromatic carbocycles. The van der Waals surface area contributed by atoms with Gasteiger partial charge >= 0.3 is 5.69 Å². The summed E-state index contributed by atoms with van der Waals surface area (Å²) < 4.78 is 7.22. The fourth-order valence-corrected chi connectivity index (χ4v) is 2.35. The number of ether oxygens (including phenoxy) is 1. The van der Waals surface area contributed by atoms with E-state index in [0.717, 1.165) is 9.25 Å². The van der Waals surface area contributed by atoms with Crippen LogP contribution in [0.1, 0.15) is 37.7 Å². The van der Waals surface area contributed by atoms with Gasteiger partial charge in [0.25, 0.3) is 11.5 Å². The zero-order chi connectivity index (χ0) is 19.3. The van der Waals surface area contributed by atoms with Crippen molar-refractivity contribution in [2.45, 2.75) is 33.7 Å². The predicted molar refractivity (Wildman–Crippen MR) is 98.1 cm³/mol. The molecular weight excluding hydrogens is 336 g/mol. The van der Waals surface area contributed by atoms with Crippen molar-refractivity contribution >= 4 is 5.91 Å². The van der Waals surface area contributed by atoms with E-state index in [9.17, 15) is 14.4 Å². The van der Waals surface area contributed by atoms with Gasteiger partial charge in [-0.3, -0.25) is 14.2 Å². The van der Waals surface area contributed by atoms with Gasteiger partial charge in [-0.2, -0.15) is 9.78 Å². The fraction of sp³-hybridized carbons (Fsp3) is 0.444. The van der Waals surface area contributed by atoms with E-state index in [1.807, 2.05) is 20.8 Å². The molecule has 1 N–H and O–H groups in total. The van der Waals surface area contributed by atoms with E-state index in [-0.39, 0.29) is 18.2 Å². The minimum atomic E-state index is -0.678. The summed E-state index contributed by atoms with van der Waals surface area (Å²) >= 11 is 0. The number of carbonyl (C=O) groups excluding carboxylic acids is 1. The normalized spacial score (nSPS) is 10.8. The van der Waals surface area contributed by atoms with Crippen LogP contribution in [0, 0.1) is 5.92 Å². The van der Waals surface area contributed by atoms with Gasteiger partial charge in [-0.1, -0.05) is 20.8 Å². The molecule has 26 heavy (non-hydrogen) atoms. The Balaban J connectivity index is 2.58. The van der Waals surface area contributed by atoms with E-state index in [1.165, 1.54) is 7.11 Å². The lowest BCUT2D eigenvalue weighted by Gasteiger charge is -2.12. The summed E-state index contributed by atoms with van der Waals surface area (Å²) in [6.45, 7) is 6.36. The van der Waals surface area contributed by atoms with E-state index in [4.69, 9.17) is 4.74 Å². The molecule has 0 fully saturated rings. The van der Waals surface area contributed by atoms with Crippen molar-refractivity contribution < 1.29 is 9.53 Å². The second-order valence-corrected chi connectivity index (χ2v) is 6.30. The lowest BCUT2D eigenvalue weighted by Crippen LogP contribution is -2.46. The van der Waals surface area contributed by atoms with Gasteiger partial charge in [0.05, 0.1) is 12.8 Å². The van der Waals surface area contributed by atoms with E-state index >= 15 is 0 Å². The number of methoxy groups -OCH3 is 1. The highest BCUT2D eigenvalue weighted by molar-refractivity contribution is 5.91. The average molecular weight is 360 g/mol. The van der Waals surface area contributed by atoms with Gasteiger partial charge in [-0.15, -0.1) is 0 Å². The number of aromatic nitrogens is 3. The molecule has 0 bridgehead atoms. The van der Waals surface area contributed by atoms with E-state index in [2.05, 4.69) is 10.4 Å². The fourth-order valence-electron chi connectivity index (χ4n) is 2.35. The number of rotatable bonds is 7. The third-order valence-electron chi connectivity index (χ3n) is 3.71. The topological polar surface area (TPSA) is 95.2 Å². The van der Waals surface area contributed by atoms with Crippen molar-refractivity contribution in [2.75, 3.05) is 13.7 Å². The summed E-state index contributed by atoms with van der Waals surface area (Å²) in [4.78, 5) is 37.6. The van der Waals surface area contributed by atoms with Crippen molar-refractivity contribution in [3.8, 4) is 11.4 Å². The van der Waals surface area contributed by atoms with Crippen LogP contribution in [0.4, 0.5) is 0 Å². The van der Waals surface area contributed by atoms with Crippen LogP contribution in [0.2, 0.25) is 0 Å². The minimum Gasteiger partial charge on any atom is -0.497 e. The molecule has 2 rings (SSSR count). The highest BCUT2D eigenvalue weighted by Crippen LogP contribution is 2.12. The lowest BCUT2D eigenvalue weighted by molar-refractivity contribution is 0.0939. The third kappa shape index (κ3) is 4.19. The number of nitrogens with zero attached hydrogens (tertiary/aromatic N) is 3. The predicted octanol–water partition coefficient (Wildman–Crippen LogP) is 1.20. The van der Waals surface area contributed by atoms with Crippen LogP contribution in [0.25, 0.3) is 5.69 Å². The van der Waals surface area contributed by atoms with Crippen LogP contribution < -0.4 is 21.3 Å². The van der Waals surface area contributed by atoms with Crippen LogP contribution in [0.5, 0.6) is 5.75 Å². The quantitative estimate of drug-likeness (QED) is 0.800. The number of benzene rings is 1. The van der Waals surface area contributed by atoms with Gasteiger partial charge in [0.1, 0.15) is 5.75 Å². The number of hydrogen-bond donors (Lipinski definition) is 1. The van der Waals surface area contributed by atoms with Crippen LogP contribution in [-0.4, -0.2) is 33.9 Å². The molecule has 140 valence electrons. The highest BCUT2D eigenvalue weighted by Gasteiger charge is 2.20. The Hall–Kier alpha value is -2.90. The number of carbonyl (C=O) groups is 1. The van der Waals surface area contributed by atoms with Crippen molar-refractivity contribution in [3.05, 3.63) is 50.8 Å². The van der Waals surface area contributed by atoms with E-state index in [0.29, 0.717) is 24.4 Å². The Morgan fingerprint density at radius 1 is 1.23 bits per heavy atom. The van der Waals surface area contributed by atoms with Crippen LogP contribution in [0.15, 0.2) is 33.9 Å². The van der Waals surface area contributed by atoms with E-state index in [1.54, 1.807) is 24.3 Å². The van der Waals surface area contributed by atoms with Crippen LogP contribution >= 0.6 is 0 Å². The first-order valence-electron chi connectivity index (χ1n) is 8.55. The molecule has 0 saturated carbocycles. The summed E-state index contributed by atoms with van der Waals surface area (Å²) in [7, 11) is 1.54. The molecule has 0 aliphatic rings. The standard InChI is InChI=1S/C18H24N4O4/c1-5-10-21-17(24)15(16(23)19-11-12(2)3)20-22(18(21)25)13-6-8-14(26-4)9-7-13/h6-9,12H,5,10-11H2,1-4H3,(H,19,23). The molecule has 0 aliphatic heterocycles. The molecule has 0 aliphatic carbocycles. The van der Waals surface area contributed by atoms with Crippen molar-refractivity contribution in [3.63, 3.8) is 0 Å². The first kappa shape index (κ1) is 19.4. The summed E-state index contributed by atoms with van der Waals surface area (Å²) in [5.74, 6) is 0.263. The van der Waals surface area contributed by atoms with Gasteiger partial charge in [-0.25, -0.2) is 4.79 Å². The molecule has 0 spiro atoms. The molecule has 8 heteroatoms. The van der Waals surface area contributed by atoms with Crippen molar-refractivity contribution in [1.82, 2.24) is 19.7 Å². The maximum absolute atomic E-state index is 12.7. The Kier molecular flexibility index (Phi) is 6.32. The molecule has 2 aromatic rings. The molecule has 1 aromatic heterocycles. The van der Waals surface area contributed by atoms with Gasteiger partial charge in [0, 0.05) is 13.1 Å². The Morgan fingerprint density at radius 3 is 2.42 bits per heavy atom. The summed E-state index contributed by atoms with van der Waals surface area (Å²) in [6.07, 6.45) is 0.578. The first-order valence-corrected chi connectivity index (χ1v) is 8.55. The maximum Gasteiger partial charge on any atom is 0.352 e. The number of nitrogens with one attached hydrogen (secondary N) is 1. The monoisotopic (exact) mass is 360 g/mol. The van der Waals surface area contributed by atoms with Crippen molar-refractivity contribution in [2.24, 2.45) is 5.92 Å². The Labute approximate surface area is 151 Å². The zero-order valence-corrected chi connectivity index (χ0v) is 15.5. The summed E-state index contributed by atoms with van der Waals surface area (Å²) in [5.41, 5.74) is -1.11. The average Bonchev–Trinajstić information content (AvgIpc) is 2.63. The summed E-state index contributed by atoms with van der Waals surface area (Å²) in [5, 5.41) is 6.71. The molecule has 1 amide bonds. The van der Waals surface area contributed by atoms with Gasteiger partial charge in [-0.05, 0) is 36.6 Å². The summed E-state index contributed by atoms with van der Waals surface area (Å²) in [6, 6.07) is 6.64. The largest absolute Gasteiger partial charge is 0.497 e. The van der Waals surface area contributed by atoms with Gasteiger partial charge in [0.15, 0.2) is 0 Å². The second-order valence-electron chi connectivity index (χ2n) is 6.30. The minimum absolute atomic E-state index is 0.209. The van der Waals surface area contributed by atoms with Crippen molar-refractivity contribution in [1.29, 1.82) is 0 Å². The molecular formula is C18H24N4O4. The Bertz CT molecular complexity index is 882. The molecule has 0 radical (unpaired) electrons. The molecule has 8 nitrogen and oxygen atoms in total. The second kappa shape index (κ2) is 8.46. The molecule has 0 unspecified atom stereocenters. The molecule has 1 heterocycles. The maximum atomic E-state index is 12.7. The third-order valence-corrected chi connectivity index (χ3v) is 3.71. The lowest BCUT2D eigenvalue weighted by atomic mass is 10.2. The Morgan fingerprint density at radius 2 is 1.88 bits per heavy atom. The van der Waals surface area contributed by atoms with Crippen LogP contribution in [0.3, 0.4) is 0 Å². The molecule has 0 saturated heterocycles. The zero-order valence-electron chi connectivity index (χ0n) is 15.5. The highest BCUT2D eigenvalue weighted by atomic mass is 16.5. The number of hydrogen-bond acceptors (Lipinski definition) is 5. The SMILES string of the molecule is CCCn1c(=O)c(C(=O)NCC(C)C)nn(-c2ccc(OC)cc2)c1=O. The van der Waals surface area contributed by atoms with Gasteiger partial charge in [0.2, 0.25) is 5.69 Å². The van der Waals surface area contributed by atoms with E-state index < -0.39 is 17.2 Å². The van der Waals surface area contributed by atoms with Crippen LogP contribution in [-0.2, 0) is 6.54 Å². The smallest absolute Gasteiger partial charge is 0.352 e. The molecule has 0 atom stereocenters. The first-order chi connectivity index (χ1) is 12.4.